The standard InChI is InChI=1S/C11H21N/c1-6-7-8-9-11(10(2)3)12(4)5/h6,11H,1-2,7-9H2,3-5H3. The van der Waals surface area contributed by atoms with Gasteiger partial charge < -0.3 is 4.90 Å². The quantitative estimate of drug-likeness (QED) is 0.434. The molecule has 0 N–H and O–H groups in total. The van der Waals surface area contributed by atoms with Crippen molar-refractivity contribution in [2.75, 3.05) is 14.1 Å². The van der Waals surface area contributed by atoms with E-state index < -0.39 is 0 Å². The van der Waals surface area contributed by atoms with Gasteiger partial charge in [-0.1, -0.05) is 18.2 Å². The van der Waals surface area contributed by atoms with Crippen molar-refractivity contribution in [2.45, 2.75) is 32.2 Å². The van der Waals surface area contributed by atoms with E-state index in [0.717, 1.165) is 6.42 Å². The maximum absolute atomic E-state index is 3.99. The Labute approximate surface area is 76.8 Å². The van der Waals surface area contributed by atoms with Crippen LogP contribution in [0.1, 0.15) is 26.2 Å². The second kappa shape index (κ2) is 6.01. The predicted octanol–water partition coefficient (Wildman–Crippen LogP) is 2.85. The van der Waals surface area contributed by atoms with Gasteiger partial charge >= 0.3 is 0 Å². The van der Waals surface area contributed by atoms with Gasteiger partial charge in [0.1, 0.15) is 0 Å². The summed E-state index contributed by atoms with van der Waals surface area (Å²) in [6.07, 6.45) is 5.48. The highest BCUT2D eigenvalue weighted by molar-refractivity contribution is 5.01. The molecule has 0 aromatic rings. The fourth-order valence-corrected chi connectivity index (χ4v) is 1.40. The van der Waals surface area contributed by atoms with Crippen LogP contribution in [0, 0.1) is 0 Å². The summed E-state index contributed by atoms with van der Waals surface area (Å²) < 4.78 is 0. The maximum Gasteiger partial charge on any atom is 0.0296 e. The summed E-state index contributed by atoms with van der Waals surface area (Å²) in [5.74, 6) is 0. The first-order valence-corrected chi connectivity index (χ1v) is 4.52. The van der Waals surface area contributed by atoms with Gasteiger partial charge in [-0.25, -0.2) is 0 Å². The van der Waals surface area contributed by atoms with Crippen molar-refractivity contribution in [3.05, 3.63) is 24.8 Å². The molecule has 1 atom stereocenters. The Morgan fingerprint density at radius 1 is 1.50 bits per heavy atom. The van der Waals surface area contributed by atoms with E-state index in [0.29, 0.717) is 6.04 Å². The molecule has 0 bridgehead atoms. The van der Waals surface area contributed by atoms with Gasteiger partial charge in [0.25, 0.3) is 0 Å². The smallest absolute Gasteiger partial charge is 0.0296 e. The van der Waals surface area contributed by atoms with E-state index in [1.54, 1.807) is 0 Å². The summed E-state index contributed by atoms with van der Waals surface area (Å²) in [7, 11) is 4.21. The van der Waals surface area contributed by atoms with E-state index >= 15 is 0 Å². The number of nitrogens with zero attached hydrogens (tertiary/aromatic N) is 1. The zero-order chi connectivity index (χ0) is 9.56. The Hall–Kier alpha value is -0.560. The Morgan fingerprint density at radius 3 is 2.42 bits per heavy atom. The van der Waals surface area contributed by atoms with Crippen LogP contribution in [-0.4, -0.2) is 25.0 Å². The van der Waals surface area contributed by atoms with Crippen LogP contribution in [0.4, 0.5) is 0 Å². The molecule has 1 heteroatoms. The molecular weight excluding hydrogens is 146 g/mol. The van der Waals surface area contributed by atoms with Gasteiger partial charge in [-0.3, -0.25) is 0 Å². The highest BCUT2D eigenvalue weighted by atomic mass is 15.1. The summed E-state index contributed by atoms with van der Waals surface area (Å²) >= 11 is 0. The molecule has 0 aliphatic carbocycles. The first kappa shape index (κ1) is 11.4. The molecule has 1 nitrogen and oxygen atoms in total. The molecule has 0 saturated carbocycles. The molecule has 1 unspecified atom stereocenters. The van der Waals surface area contributed by atoms with Gasteiger partial charge in [-0.2, -0.15) is 0 Å². The molecule has 0 rings (SSSR count). The third-order valence-corrected chi connectivity index (χ3v) is 2.08. The highest BCUT2D eigenvalue weighted by Crippen LogP contribution is 2.12. The largest absolute Gasteiger partial charge is 0.303 e. The van der Waals surface area contributed by atoms with E-state index in [2.05, 4.69) is 39.1 Å². The Balaban J connectivity index is 3.79. The lowest BCUT2D eigenvalue weighted by Gasteiger charge is -2.24. The van der Waals surface area contributed by atoms with E-state index in [4.69, 9.17) is 0 Å². The van der Waals surface area contributed by atoms with Crippen molar-refractivity contribution < 1.29 is 0 Å². The first-order valence-electron chi connectivity index (χ1n) is 4.52. The average Bonchev–Trinajstić information content (AvgIpc) is 1.96. The van der Waals surface area contributed by atoms with Crippen LogP contribution in [0.2, 0.25) is 0 Å². The van der Waals surface area contributed by atoms with Crippen LogP contribution in [0.3, 0.4) is 0 Å². The van der Waals surface area contributed by atoms with Gasteiger partial charge in [-0.05, 0) is 40.3 Å². The molecule has 70 valence electrons. The molecule has 0 fully saturated rings. The molecule has 0 aromatic carbocycles. The number of hydrogen-bond donors (Lipinski definition) is 0. The average molecular weight is 167 g/mol. The number of unbranched alkanes of at least 4 members (excludes halogenated alkanes) is 1. The van der Waals surface area contributed by atoms with Gasteiger partial charge in [0.2, 0.25) is 0 Å². The molecule has 0 aliphatic rings. The summed E-state index contributed by atoms with van der Waals surface area (Å²) in [5, 5.41) is 0. The molecule has 0 aromatic heterocycles. The minimum Gasteiger partial charge on any atom is -0.303 e. The summed E-state index contributed by atoms with van der Waals surface area (Å²) in [6, 6.07) is 0.532. The molecule has 0 heterocycles. The van der Waals surface area contributed by atoms with Crippen molar-refractivity contribution in [3.63, 3.8) is 0 Å². The summed E-state index contributed by atoms with van der Waals surface area (Å²) in [5.41, 5.74) is 1.25. The van der Waals surface area contributed by atoms with Crippen molar-refractivity contribution in [2.24, 2.45) is 0 Å². The topological polar surface area (TPSA) is 3.24 Å². The molecule has 12 heavy (non-hydrogen) atoms. The zero-order valence-electron chi connectivity index (χ0n) is 8.64. The molecule has 0 aliphatic heterocycles. The summed E-state index contributed by atoms with van der Waals surface area (Å²) in [4.78, 5) is 2.23. The minimum atomic E-state index is 0.532. The van der Waals surface area contributed by atoms with Crippen molar-refractivity contribution in [1.29, 1.82) is 0 Å². The fourth-order valence-electron chi connectivity index (χ4n) is 1.40. The van der Waals surface area contributed by atoms with Crippen LogP contribution < -0.4 is 0 Å². The molecule has 0 saturated heterocycles. The number of likely N-dealkylation sites (N-methyl/N-ethyl adjacent to an activating group) is 1. The van der Waals surface area contributed by atoms with Crippen molar-refractivity contribution in [1.82, 2.24) is 4.90 Å². The van der Waals surface area contributed by atoms with Gasteiger partial charge in [-0.15, -0.1) is 6.58 Å². The first-order chi connectivity index (χ1) is 5.59. The Bertz CT molecular complexity index is 147. The Kier molecular flexibility index (Phi) is 5.73. The van der Waals surface area contributed by atoms with Crippen LogP contribution >= 0.6 is 0 Å². The monoisotopic (exact) mass is 167 g/mol. The van der Waals surface area contributed by atoms with Crippen molar-refractivity contribution in [3.8, 4) is 0 Å². The van der Waals surface area contributed by atoms with Crippen LogP contribution in [0.15, 0.2) is 24.8 Å². The van der Waals surface area contributed by atoms with Crippen molar-refractivity contribution >= 4 is 0 Å². The highest BCUT2D eigenvalue weighted by Gasteiger charge is 2.10. The van der Waals surface area contributed by atoms with E-state index in [-0.39, 0.29) is 0 Å². The third-order valence-electron chi connectivity index (χ3n) is 2.08. The second-order valence-corrected chi connectivity index (χ2v) is 3.55. The van der Waals surface area contributed by atoms with Crippen LogP contribution in [0.5, 0.6) is 0 Å². The minimum absolute atomic E-state index is 0.532. The van der Waals surface area contributed by atoms with Gasteiger partial charge in [0.05, 0.1) is 0 Å². The summed E-state index contributed by atoms with van der Waals surface area (Å²) in [6.45, 7) is 9.79. The molecule has 0 amide bonds. The SMILES string of the molecule is C=CCCCC(C(=C)C)N(C)C. The molecule has 0 radical (unpaired) electrons. The third kappa shape index (κ3) is 4.35. The second-order valence-electron chi connectivity index (χ2n) is 3.55. The zero-order valence-corrected chi connectivity index (χ0v) is 8.64. The maximum atomic E-state index is 3.99. The van der Waals surface area contributed by atoms with Gasteiger partial charge in [0, 0.05) is 6.04 Å². The number of rotatable bonds is 6. The normalized spacial score (nSPS) is 13.0. The van der Waals surface area contributed by atoms with E-state index in [1.165, 1.54) is 18.4 Å². The number of allylic oxidation sites excluding steroid dienone is 1. The van der Waals surface area contributed by atoms with Crippen LogP contribution in [-0.2, 0) is 0 Å². The molecule has 0 spiro atoms. The fraction of sp³-hybridized carbons (Fsp3) is 0.636. The van der Waals surface area contributed by atoms with Gasteiger partial charge in [0.15, 0.2) is 0 Å². The predicted molar refractivity (Wildman–Crippen MR) is 56.3 cm³/mol. The van der Waals surface area contributed by atoms with E-state index in [9.17, 15) is 0 Å². The van der Waals surface area contributed by atoms with E-state index in [1.807, 2.05) is 6.08 Å². The lowest BCUT2D eigenvalue weighted by molar-refractivity contribution is 0.311. The van der Waals surface area contributed by atoms with Crippen LogP contribution in [0.25, 0.3) is 0 Å². The Morgan fingerprint density at radius 2 is 2.08 bits per heavy atom. The molecular formula is C11H21N. The lowest BCUT2D eigenvalue weighted by Crippen LogP contribution is -2.28. The number of hydrogen-bond acceptors (Lipinski definition) is 1. The lowest BCUT2D eigenvalue weighted by atomic mass is 10.0.